The van der Waals surface area contributed by atoms with E-state index in [4.69, 9.17) is 28.9 Å². The first-order valence-electron chi connectivity index (χ1n) is 6.09. The second-order valence-corrected chi connectivity index (χ2v) is 5.33. The summed E-state index contributed by atoms with van der Waals surface area (Å²) in [5.74, 6) is -0.401. The fraction of sp³-hybridized carbons (Fsp3) is 0. The van der Waals surface area contributed by atoms with Crippen LogP contribution in [0.1, 0.15) is 0 Å². The van der Waals surface area contributed by atoms with Crippen LogP contribution in [0.5, 0.6) is 0 Å². The number of nitrogen functional groups attached to an aromatic ring is 1. The highest BCUT2D eigenvalue weighted by Gasteiger charge is 2.14. The predicted molar refractivity (Wildman–Crippen MR) is 83.4 cm³/mol. The fourth-order valence-corrected chi connectivity index (χ4v) is 2.48. The van der Waals surface area contributed by atoms with Crippen LogP contribution in [0.3, 0.4) is 0 Å². The van der Waals surface area contributed by atoms with E-state index in [0.717, 1.165) is 0 Å². The average molecular weight is 322 g/mol. The summed E-state index contributed by atoms with van der Waals surface area (Å²) in [6.45, 7) is 0. The SMILES string of the molecule is Nc1ccc(F)c(-n2cncc2-c2cc(Cl)ccc2Cl)c1. The lowest BCUT2D eigenvalue weighted by molar-refractivity contribution is 0.619. The maximum Gasteiger partial charge on any atom is 0.147 e. The summed E-state index contributed by atoms with van der Waals surface area (Å²) in [6.07, 6.45) is 3.10. The lowest BCUT2D eigenvalue weighted by Crippen LogP contribution is -2.00. The van der Waals surface area contributed by atoms with Gasteiger partial charge in [-0.15, -0.1) is 0 Å². The molecule has 0 aliphatic rings. The molecule has 0 saturated heterocycles. The molecule has 1 aromatic heterocycles. The summed E-state index contributed by atoms with van der Waals surface area (Å²) in [7, 11) is 0. The largest absolute Gasteiger partial charge is 0.399 e. The summed E-state index contributed by atoms with van der Waals surface area (Å²) >= 11 is 12.2. The van der Waals surface area contributed by atoms with Gasteiger partial charge in [-0.2, -0.15) is 0 Å². The predicted octanol–water partition coefficient (Wildman–Crippen LogP) is 4.57. The molecule has 3 rings (SSSR count). The number of nitrogens with two attached hydrogens (primary N) is 1. The molecule has 3 nitrogen and oxygen atoms in total. The van der Waals surface area contributed by atoms with Crippen molar-refractivity contribution >= 4 is 28.9 Å². The van der Waals surface area contributed by atoms with Crippen LogP contribution in [0.25, 0.3) is 16.9 Å². The zero-order valence-electron chi connectivity index (χ0n) is 10.7. The highest BCUT2D eigenvalue weighted by molar-refractivity contribution is 6.35. The number of hydrogen-bond donors (Lipinski definition) is 1. The van der Waals surface area contributed by atoms with Gasteiger partial charge in [0.15, 0.2) is 0 Å². The second kappa shape index (κ2) is 5.39. The van der Waals surface area contributed by atoms with Gasteiger partial charge in [-0.3, -0.25) is 4.57 Å². The number of rotatable bonds is 2. The molecule has 1 heterocycles. The van der Waals surface area contributed by atoms with Gasteiger partial charge >= 0.3 is 0 Å². The molecule has 3 aromatic rings. The number of hydrogen-bond acceptors (Lipinski definition) is 2. The Hall–Kier alpha value is -2.04. The average Bonchev–Trinajstić information content (AvgIpc) is 2.93. The minimum absolute atomic E-state index is 0.304. The topological polar surface area (TPSA) is 43.8 Å². The number of imidazole rings is 1. The molecule has 0 spiro atoms. The third kappa shape index (κ3) is 2.60. The monoisotopic (exact) mass is 321 g/mol. The smallest absolute Gasteiger partial charge is 0.147 e. The highest BCUT2D eigenvalue weighted by atomic mass is 35.5. The van der Waals surface area contributed by atoms with Crippen molar-refractivity contribution in [2.45, 2.75) is 0 Å². The minimum atomic E-state index is -0.401. The summed E-state index contributed by atoms with van der Waals surface area (Å²) in [4.78, 5) is 4.07. The van der Waals surface area contributed by atoms with Gasteiger partial charge in [0.1, 0.15) is 5.82 Å². The Morgan fingerprint density at radius 3 is 2.71 bits per heavy atom. The third-order valence-electron chi connectivity index (χ3n) is 3.07. The number of aromatic nitrogens is 2. The molecular formula is C15H10Cl2FN3. The number of anilines is 1. The molecule has 21 heavy (non-hydrogen) atoms. The van der Waals surface area contributed by atoms with E-state index in [1.807, 2.05) is 0 Å². The first-order valence-corrected chi connectivity index (χ1v) is 6.85. The Labute approximate surface area is 130 Å². The zero-order valence-corrected chi connectivity index (χ0v) is 12.2. The van der Waals surface area contributed by atoms with Crippen molar-refractivity contribution in [2.75, 3.05) is 5.73 Å². The summed E-state index contributed by atoms with van der Waals surface area (Å²) in [5, 5.41) is 1.04. The van der Waals surface area contributed by atoms with Gasteiger partial charge in [0, 0.05) is 16.3 Å². The number of benzene rings is 2. The van der Waals surface area contributed by atoms with Crippen LogP contribution in [-0.2, 0) is 0 Å². The third-order valence-corrected chi connectivity index (χ3v) is 3.64. The van der Waals surface area contributed by atoms with E-state index in [1.165, 1.54) is 18.5 Å². The molecule has 2 aromatic carbocycles. The number of halogens is 3. The molecule has 0 amide bonds. The van der Waals surface area contributed by atoms with Crippen LogP contribution in [0.2, 0.25) is 10.0 Å². The van der Waals surface area contributed by atoms with Crippen LogP contribution in [-0.4, -0.2) is 9.55 Å². The van der Waals surface area contributed by atoms with Crippen LogP contribution in [0.15, 0.2) is 48.9 Å². The van der Waals surface area contributed by atoms with E-state index in [1.54, 1.807) is 35.0 Å². The second-order valence-electron chi connectivity index (χ2n) is 4.48. The van der Waals surface area contributed by atoms with Crippen molar-refractivity contribution in [1.29, 1.82) is 0 Å². The Bertz CT molecular complexity index is 748. The molecule has 0 aliphatic heterocycles. The molecule has 0 saturated carbocycles. The lowest BCUT2D eigenvalue weighted by Gasteiger charge is -2.11. The Kier molecular flexibility index (Phi) is 3.57. The first kappa shape index (κ1) is 13.9. The molecule has 0 bridgehead atoms. The molecular weight excluding hydrogens is 312 g/mol. The molecule has 2 N–H and O–H groups in total. The molecule has 0 atom stereocenters. The van der Waals surface area contributed by atoms with Gasteiger partial charge in [-0.1, -0.05) is 23.2 Å². The maximum atomic E-state index is 14.0. The quantitative estimate of drug-likeness (QED) is 0.703. The maximum absolute atomic E-state index is 14.0. The van der Waals surface area contributed by atoms with E-state index in [0.29, 0.717) is 32.7 Å². The van der Waals surface area contributed by atoms with Gasteiger partial charge in [0.05, 0.1) is 28.9 Å². The van der Waals surface area contributed by atoms with Gasteiger partial charge in [0.25, 0.3) is 0 Å². The van der Waals surface area contributed by atoms with Crippen LogP contribution in [0.4, 0.5) is 10.1 Å². The van der Waals surface area contributed by atoms with E-state index in [9.17, 15) is 4.39 Å². The molecule has 0 unspecified atom stereocenters. The van der Waals surface area contributed by atoms with Gasteiger partial charge in [-0.25, -0.2) is 9.37 Å². The van der Waals surface area contributed by atoms with Gasteiger partial charge in [-0.05, 0) is 36.4 Å². The molecule has 0 fully saturated rings. The van der Waals surface area contributed by atoms with Crippen LogP contribution >= 0.6 is 23.2 Å². The summed E-state index contributed by atoms with van der Waals surface area (Å²) in [6, 6.07) is 9.44. The minimum Gasteiger partial charge on any atom is -0.399 e. The van der Waals surface area contributed by atoms with E-state index >= 15 is 0 Å². The van der Waals surface area contributed by atoms with E-state index < -0.39 is 5.82 Å². The number of nitrogens with zero attached hydrogens (tertiary/aromatic N) is 2. The summed E-state index contributed by atoms with van der Waals surface area (Å²) in [5.41, 5.74) is 7.80. The van der Waals surface area contributed by atoms with Crippen molar-refractivity contribution < 1.29 is 4.39 Å². The normalized spacial score (nSPS) is 10.8. The lowest BCUT2D eigenvalue weighted by atomic mass is 10.1. The van der Waals surface area contributed by atoms with Crippen LogP contribution < -0.4 is 5.73 Å². The van der Waals surface area contributed by atoms with Crippen molar-refractivity contribution in [3.8, 4) is 16.9 Å². The Morgan fingerprint density at radius 1 is 1.10 bits per heavy atom. The van der Waals surface area contributed by atoms with Crippen molar-refractivity contribution in [3.63, 3.8) is 0 Å². The standard InChI is InChI=1S/C15H10Cl2FN3/c16-9-1-3-12(17)11(5-9)15-7-20-8-21(15)14-6-10(19)2-4-13(14)18/h1-8H,19H2. The van der Waals surface area contributed by atoms with Gasteiger partial charge in [0.2, 0.25) is 0 Å². The van der Waals surface area contributed by atoms with Crippen molar-refractivity contribution in [1.82, 2.24) is 9.55 Å². The molecule has 106 valence electrons. The van der Waals surface area contributed by atoms with E-state index in [-0.39, 0.29) is 0 Å². The first-order chi connectivity index (χ1) is 10.1. The molecule has 0 aliphatic carbocycles. The Balaban J connectivity index is 2.22. The van der Waals surface area contributed by atoms with Crippen LogP contribution in [0, 0.1) is 5.82 Å². The fourth-order valence-electron chi connectivity index (χ4n) is 2.09. The molecule has 6 heteroatoms. The molecule has 0 radical (unpaired) electrons. The van der Waals surface area contributed by atoms with Crippen molar-refractivity contribution in [3.05, 3.63) is 64.8 Å². The zero-order chi connectivity index (χ0) is 15.0. The Morgan fingerprint density at radius 2 is 1.90 bits per heavy atom. The summed E-state index contributed by atoms with van der Waals surface area (Å²) < 4.78 is 15.6. The van der Waals surface area contributed by atoms with E-state index in [2.05, 4.69) is 4.98 Å². The van der Waals surface area contributed by atoms with Crippen molar-refractivity contribution in [2.24, 2.45) is 0 Å². The highest BCUT2D eigenvalue weighted by Crippen LogP contribution is 2.32. The van der Waals surface area contributed by atoms with Gasteiger partial charge < -0.3 is 5.73 Å².